The molecule has 2 fully saturated rings. The first-order chi connectivity index (χ1) is 25.9. The van der Waals surface area contributed by atoms with Gasteiger partial charge in [-0.3, -0.25) is 28.0 Å². The molecule has 7 unspecified atom stereocenters. The number of nitrogens with one attached hydrogen (secondary N) is 1. The number of rotatable bonds is 12. The van der Waals surface area contributed by atoms with Gasteiger partial charge in [-0.15, -0.1) is 0 Å². The number of H-pyrrole nitrogens is 1. The number of ether oxygens (including phenoxy) is 4. The minimum absolute atomic E-state index is 0.00551. The van der Waals surface area contributed by atoms with Gasteiger partial charge in [-0.1, -0.05) is 36.4 Å². The van der Waals surface area contributed by atoms with Crippen molar-refractivity contribution in [2.45, 2.75) is 49.7 Å². The summed E-state index contributed by atoms with van der Waals surface area (Å²) < 4.78 is 50.1. The molecule has 282 valence electrons. The molecule has 22 heteroatoms. The molecule has 2 aliphatic heterocycles. The van der Waals surface area contributed by atoms with Crippen LogP contribution in [0, 0.1) is 0 Å². The molecule has 2 aromatic carbocycles. The first-order valence-corrected chi connectivity index (χ1v) is 17.8. The van der Waals surface area contributed by atoms with E-state index in [0.29, 0.717) is 0 Å². The lowest BCUT2D eigenvalue weighted by molar-refractivity contribution is -0.0620. The van der Waals surface area contributed by atoms with Crippen LogP contribution in [0.15, 0.2) is 82.9 Å². The Labute approximate surface area is 303 Å². The zero-order chi connectivity index (χ0) is 38.0. The van der Waals surface area contributed by atoms with E-state index in [1.807, 2.05) is 0 Å². The lowest BCUT2D eigenvalue weighted by atomic mass is 10.1. The van der Waals surface area contributed by atoms with Crippen LogP contribution in [0.1, 0.15) is 46.0 Å². The summed E-state index contributed by atoms with van der Waals surface area (Å²) in [6, 6.07) is 16.2. The van der Waals surface area contributed by atoms with Gasteiger partial charge in [0.25, 0.3) is 5.56 Å². The van der Waals surface area contributed by atoms with E-state index in [0.717, 1.165) is 10.9 Å². The lowest BCUT2D eigenvalue weighted by Gasteiger charge is -2.23. The largest absolute Gasteiger partial charge is 0.472 e. The van der Waals surface area contributed by atoms with Crippen molar-refractivity contribution < 1.29 is 47.0 Å². The smallest absolute Gasteiger partial charge is 0.459 e. The van der Waals surface area contributed by atoms with Gasteiger partial charge in [0.1, 0.15) is 49.8 Å². The maximum atomic E-state index is 13.5. The van der Waals surface area contributed by atoms with Crippen molar-refractivity contribution >= 4 is 42.8 Å². The van der Waals surface area contributed by atoms with Crippen molar-refractivity contribution in [3.8, 4) is 0 Å². The second kappa shape index (κ2) is 15.3. The normalized spacial score (nSPS) is 23.6. The molecule has 0 aliphatic carbocycles. The number of phosphoric acid groups is 1. The predicted molar refractivity (Wildman–Crippen MR) is 183 cm³/mol. The van der Waals surface area contributed by atoms with Crippen LogP contribution in [0.4, 0.5) is 11.9 Å². The third-order valence-corrected chi connectivity index (χ3v) is 9.52. The molecule has 54 heavy (non-hydrogen) atoms. The van der Waals surface area contributed by atoms with E-state index >= 15 is 0 Å². The van der Waals surface area contributed by atoms with Gasteiger partial charge in [0.05, 0.1) is 24.1 Å². The van der Waals surface area contributed by atoms with E-state index in [1.54, 1.807) is 48.5 Å². The summed E-state index contributed by atoms with van der Waals surface area (Å²) in [5, 5.41) is 0. The number of nitrogens with zero attached hydrogens (tertiary/aromatic N) is 6. The molecule has 7 rings (SSSR count). The standard InChI is InChI=1S/C32H32N9O12P/c33-30-36-16-41(32(45)39-30)24-12-20(21(50-24)13-48-28(43)17-7-3-1-4-8-17)53-54(46,47)49-14-22-19(52-29(44)18-9-5-2-6-10-18)11-23(51-22)40-15-35-25-26(40)37-31(34)38-27(25)42/h1-10,15-16,19-24H,11-14H2,(H,46,47)(H2,33,39,45)(H3,34,37,38,42). The highest BCUT2D eigenvalue weighted by atomic mass is 31.2. The SMILES string of the molecule is Nc1ncn(C2CC(OP(=O)(O)OCC3OC(n4cnc5c(=O)[nH]c(N)nc54)CC3OC(=O)c3ccccc3)C(COC(=O)c3ccccc3)O2)c(=O)n1. The maximum Gasteiger partial charge on any atom is 0.472 e. The number of fused-ring (bicyclic) bond motifs is 1. The number of aromatic nitrogens is 7. The number of carbonyl (C=O) groups is 2. The molecule has 21 nitrogen and oxygen atoms in total. The van der Waals surface area contributed by atoms with E-state index in [1.165, 1.54) is 23.0 Å². The first kappa shape index (κ1) is 36.5. The highest BCUT2D eigenvalue weighted by Crippen LogP contribution is 2.49. The Morgan fingerprint density at radius 2 is 1.46 bits per heavy atom. The number of benzene rings is 2. The number of phosphoric ester groups is 1. The molecular weight excluding hydrogens is 733 g/mol. The van der Waals surface area contributed by atoms with Crippen molar-refractivity contribution in [2.75, 3.05) is 24.7 Å². The molecule has 0 saturated carbocycles. The quantitative estimate of drug-likeness (QED) is 0.102. The van der Waals surface area contributed by atoms with Crippen LogP contribution in [-0.4, -0.2) is 88.5 Å². The monoisotopic (exact) mass is 765 g/mol. The summed E-state index contributed by atoms with van der Waals surface area (Å²) in [7, 11) is -5.00. The average Bonchev–Trinajstić information content (AvgIpc) is 3.87. The van der Waals surface area contributed by atoms with Gasteiger partial charge in [-0.2, -0.15) is 9.97 Å². The number of hydrogen-bond donors (Lipinski definition) is 4. The van der Waals surface area contributed by atoms with Crippen molar-refractivity contribution in [1.29, 1.82) is 0 Å². The van der Waals surface area contributed by atoms with E-state index in [-0.39, 0.29) is 47.0 Å². The number of hydrogen-bond acceptors (Lipinski definition) is 17. The molecule has 3 aromatic heterocycles. The van der Waals surface area contributed by atoms with Crippen LogP contribution in [0.2, 0.25) is 0 Å². The number of anilines is 2. The number of carbonyl (C=O) groups excluding carboxylic acids is 2. The van der Waals surface area contributed by atoms with Crippen molar-refractivity contribution in [1.82, 2.24) is 34.1 Å². The molecule has 2 saturated heterocycles. The number of nitrogens with two attached hydrogens (primary N) is 2. The topological polar surface area (TPSA) is 290 Å². The minimum atomic E-state index is -5.00. The Hall–Kier alpha value is -5.83. The molecular formula is C32H32N9O12P. The molecule has 5 aromatic rings. The van der Waals surface area contributed by atoms with Crippen LogP contribution in [-0.2, 0) is 32.6 Å². The second-order valence-electron chi connectivity index (χ2n) is 12.1. The fourth-order valence-electron chi connectivity index (χ4n) is 5.95. The van der Waals surface area contributed by atoms with Crippen LogP contribution in [0.3, 0.4) is 0 Å². The fraction of sp³-hybridized carbons (Fsp3) is 0.312. The molecule has 0 radical (unpaired) electrons. The summed E-state index contributed by atoms with van der Waals surface area (Å²) in [4.78, 5) is 79.6. The first-order valence-electron chi connectivity index (χ1n) is 16.3. The molecule has 5 heterocycles. The lowest BCUT2D eigenvalue weighted by Crippen LogP contribution is -2.32. The highest BCUT2D eigenvalue weighted by molar-refractivity contribution is 7.47. The summed E-state index contributed by atoms with van der Waals surface area (Å²) >= 11 is 0. The van der Waals surface area contributed by atoms with Crippen molar-refractivity contribution in [3.63, 3.8) is 0 Å². The Morgan fingerprint density at radius 3 is 2.15 bits per heavy atom. The van der Waals surface area contributed by atoms with Crippen LogP contribution in [0.5, 0.6) is 0 Å². The third kappa shape index (κ3) is 8.05. The van der Waals surface area contributed by atoms with Gasteiger partial charge in [0, 0.05) is 12.8 Å². The summed E-state index contributed by atoms with van der Waals surface area (Å²) in [6.07, 6.45) is -4.48. The van der Waals surface area contributed by atoms with Gasteiger partial charge in [0.15, 0.2) is 11.2 Å². The van der Waals surface area contributed by atoms with Gasteiger partial charge >= 0.3 is 25.5 Å². The fourth-order valence-corrected chi connectivity index (χ4v) is 6.91. The van der Waals surface area contributed by atoms with Crippen LogP contribution >= 0.6 is 7.82 Å². The van der Waals surface area contributed by atoms with Crippen LogP contribution < -0.4 is 22.7 Å². The zero-order valence-electron chi connectivity index (χ0n) is 27.9. The van der Waals surface area contributed by atoms with Crippen molar-refractivity contribution in [3.05, 3.63) is 105 Å². The van der Waals surface area contributed by atoms with E-state index < -0.39 is 81.1 Å². The second-order valence-corrected chi connectivity index (χ2v) is 13.5. The molecule has 2 aliphatic rings. The molecule has 6 N–H and O–H groups in total. The predicted octanol–water partition coefficient (Wildman–Crippen LogP) is 1.10. The molecule has 0 bridgehead atoms. The third-order valence-electron chi connectivity index (χ3n) is 8.50. The molecule has 0 spiro atoms. The van der Waals surface area contributed by atoms with Gasteiger partial charge in [-0.05, 0) is 24.3 Å². The number of esters is 2. The van der Waals surface area contributed by atoms with Crippen LogP contribution in [0.25, 0.3) is 11.2 Å². The van der Waals surface area contributed by atoms with E-state index in [2.05, 4.69) is 24.9 Å². The van der Waals surface area contributed by atoms with Gasteiger partial charge in [0.2, 0.25) is 11.9 Å². The molecule has 7 atom stereocenters. The Balaban J connectivity index is 1.08. The summed E-state index contributed by atoms with van der Waals surface area (Å²) in [5.41, 5.74) is 10.4. The number of imidazole rings is 1. The Bertz CT molecular complexity index is 2320. The highest BCUT2D eigenvalue weighted by Gasteiger charge is 2.45. The number of nitrogen functional groups attached to an aromatic ring is 2. The minimum Gasteiger partial charge on any atom is -0.459 e. The van der Waals surface area contributed by atoms with Gasteiger partial charge < -0.3 is 35.3 Å². The average molecular weight is 766 g/mol. The number of aromatic amines is 1. The van der Waals surface area contributed by atoms with E-state index in [9.17, 15) is 28.6 Å². The Kier molecular flexibility index (Phi) is 10.3. The Morgan fingerprint density at radius 1 is 0.852 bits per heavy atom. The zero-order valence-corrected chi connectivity index (χ0v) is 28.8. The van der Waals surface area contributed by atoms with Gasteiger partial charge in [-0.25, -0.2) is 28.9 Å². The summed E-state index contributed by atoms with van der Waals surface area (Å²) in [6.45, 7) is -1.07. The molecule has 0 amide bonds. The van der Waals surface area contributed by atoms with E-state index in [4.69, 9.17) is 39.5 Å². The van der Waals surface area contributed by atoms with Crippen molar-refractivity contribution in [2.24, 2.45) is 0 Å². The summed E-state index contributed by atoms with van der Waals surface area (Å²) in [5.74, 6) is -1.84. The maximum absolute atomic E-state index is 13.5.